The average molecular weight is 1010 g/mol. The molecule has 71 heavy (non-hydrogen) atoms. The maximum Gasteiger partial charge on any atom is 0.472 e. The second-order valence-electron chi connectivity index (χ2n) is 19.2. The smallest absolute Gasteiger partial charge is 0.462 e. The molecule has 0 aromatic heterocycles. The Labute approximate surface area is 435 Å². The summed E-state index contributed by atoms with van der Waals surface area (Å²) >= 11 is 0. The maximum absolute atomic E-state index is 12.8. The van der Waals surface area contributed by atoms with Gasteiger partial charge in [0, 0.05) is 12.8 Å². The number of ether oxygens (including phenoxy) is 2. The van der Waals surface area contributed by atoms with Crippen LogP contribution in [-0.4, -0.2) is 74.9 Å². The molecule has 0 saturated carbocycles. The standard InChI is InChI=1S/C61H102NO8P/c1-6-8-10-12-14-16-18-20-21-22-23-24-25-26-27-28-29-30-31-32-33-34-35-36-37-38-39-40-41-42-44-46-48-50-52-54-61(64)70-59(58-69-71(65,66)68-56-55-62(3,4)5)57-67-60(63)53-51-49-47-45-43-19-17-15-13-11-9-7-2/h8,10,14-17,20-21,23-24,26-27,29-30,32-33,35-36,38-39,59H,6-7,9,11-13,18-19,22,25,28,31,34,37,40-58H2,1-5H3/p+1/b10-8-,16-14-,17-15-,21-20-,24-23-,27-26-,30-29-,33-32-,36-35-,39-38-. The first-order valence-electron chi connectivity index (χ1n) is 27.8. The van der Waals surface area contributed by atoms with Crippen molar-refractivity contribution in [1.29, 1.82) is 0 Å². The third kappa shape index (κ3) is 55.6. The summed E-state index contributed by atoms with van der Waals surface area (Å²) < 4.78 is 34.4. The lowest BCUT2D eigenvalue weighted by Crippen LogP contribution is -2.37. The first kappa shape index (κ1) is 67.4. The Kier molecular flexibility index (Phi) is 48.7. The summed E-state index contributed by atoms with van der Waals surface area (Å²) in [7, 11) is 1.45. The summed E-state index contributed by atoms with van der Waals surface area (Å²) in [5.74, 6) is -0.831. The number of quaternary nitrogens is 1. The Bertz CT molecular complexity index is 1610. The number of carbonyl (C=O) groups excluding carboxylic acids is 2. The van der Waals surface area contributed by atoms with Crippen molar-refractivity contribution in [1.82, 2.24) is 0 Å². The molecular weight excluding hydrogens is 906 g/mol. The Morgan fingerprint density at radius 2 is 0.803 bits per heavy atom. The summed E-state index contributed by atoms with van der Waals surface area (Å²) in [5, 5.41) is 0. The van der Waals surface area contributed by atoms with Crippen molar-refractivity contribution < 1.29 is 42.1 Å². The molecule has 0 aromatic carbocycles. The van der Waals surface area contributed by atoms with Gasteiger partial charge in [-0.25, -0.2) is 4.57 Å². The minimum Gasteiger partial charge on any atom is -0.462 e. The first-order chi connectivity index (χ1) is 34.5. The van der Waals surface area contributed by atoms with Crippen molar-refractivity contribution in [3.05, 3.63) is 122 Å². The first-order valence-corrected chi connectivity index (χ1v) is 29.3. The molecule has 0 aromatic rings. The molecule has 0 radical (unpaired) electrons. The van der Waals surface area contributed by atoms with E-state index in [-0.39, 0.29) is 32.0 Å². The van der Waals surface area contributed by atoms with Gasteiger partial charge in [-0.2, -0.15) is 0 Å². The van der Waals surface area contributed by atoms with Crippen LogP contribution in [0.5, 0.6) is 0 Å². The number of carbonyl (C=O) groups is 2. The van der Waals surface area contributed by atoms with Crippen LogP contribution in [0.1, 0.15) is 200 Å². The number of rotatable bonds is 49. The predicted octanol–water partition coefficient (Wildman–Crippen LogP) is 17.2. The van der Waals surface area contributed by atoms with Gasteiger partial charge in [-0.05, 0) is 109 Å². The van der Waals surface area contributed by atoms with E-state index >= 15 is 0 Å². The van der Waals surface area contributed by atoms with E-state index in [1.54, 1.807) is 0 Å². The molecule has 0 amide bonds. The highest BCUT2D eigenvalue weighted by Crippen LogP contribution is 2.43. The van der Waals surface area contributed by atoms with Crippen LogP contribution < -0.4 is 0 Å². The van der Waals surface area contributed by atoms with Crippen molar-refractivity contribution in [3.8, 4) is 0 Å². The third-order valence-electron chi connectivity index (χ3n) is 11.2. The minimum atomic E-state index is -4.39. The fourth-order valence-corrected chi connectivity index (χ4v) is 7.68. The molecule has 0 spiro atoms. The van der Waals surface area contributed by atoms with Gasteiger partial charge in [0.2, 0.25) is 0 Å². The van der Waals surface area contributed by atoms with Crippen molar-refractivity contribution in [2.75, 3.05) is 47.5 Å². The van der Waals surface area contributed by atoms with E-state index in [1.165, 1.54) is 44.9 Å². The van der Waals surface area contributed by atoms with Crippen molar-refractivity contribution in [2.45, 2.75) is 206 Å². The number of nitrogens with zero attached hydrogens (tertiary/aromatic N) is 1. The van der Waals surface area contributed by atoms with Gasteiger partial charge in [-0.3, -0.25) is 18.6 Å². The van der Waals surface area contributed by atoms with Crippen molar-refractivity contribution in [2.24, 2.45) is 0 Å². The van der Waals surface area contributed by atoms with E-state index in [2.05, 4.69) is 135 Å². The maximum atomic E-state index is 12.8. The van der Waals surface area contributed by atoms with Crippen LogP contribution in [0.25, 0.3) is 0 Å². The predicted molar refractivity (Wildman–Crippen MR) is 302 cm³/mol. The van der Waals surface area contributed by atoms with E-state index in [1.807, 2.05) is 21.1 Å². The molecule has 10 heteroatoms. The number of allylic oxidation sites excluding steroid dienone is 20. The topological polar surface area (TPSA) is 108 Å². The van der Waals surface area contributed by atoms with Gasteiger partial charge >= 0.3 is 19.8 Å². The lowest BCUT2D eigenvalue weighted by Gasteiger charge is -2.24. The summed E-state index contributed by atoms with van der Waals surface area (Å²) in [6, 6.07) is 0. The lowest BCUT2D eigenvalue weighted by molar-refractivity contribution is -0.870. The highest BCUT2D eigenvalue weighted by atomic mass is 31.2. The summed E-state index contributed by atoms with van der Waals surface area (Å²) in [5.41, 5.74) is 0. The van der Waals surface area contributed by atoms with Crippen LogP contribution in [0.3, 0.4) is 0 Å². The molecule has 404 valence electrons. The molecule has 0 fully saturated rings. The number of hydrogen-bond donors (Lipinski definition) is 1. The normalized spacial score (nSPS) is 14.3. The fourth-order valence-electron chi connectivity index (χ4n) is 6.94. The molecule has 0 aliphatic rings. The lowest BCUT2D eigenvalue weighted by atomic mass is 10.1. The molecule has 9 nitrogen and oxygen atoms in total. The highest BCUT2D eigenvalue weighted by molar-refractivity contribution is 7.47. The molecule has 0 rings (SSSR count). The van der Waals surface area contributed by atoms with E-state index < -0.39 is 26.5 Å². The third-order valence-corrected chi connectivity index (χ3v) is 12.2. The van der Waals surface area contributed by atoms with Crippen LogP contribution >= 0.6 is 7.82 Å². The van der Waals surface area contributed by atoms with Crippen LogP contribution in [0.15, 0.2) is 122 Å². The largest absolute Gasteiger partial charge is 0.472 e. The number of unbranched alkanes of at least 4 members (excludes halogenated alkanes) is 15. The van der Waals surface area contributed by atoms with Crippen molar-refractivity contribution in [3.63, 3.8) is 0 Å². The molecule has 0 aliphatic heterocycles. The van der Waals surface area contributed by atoms with E-state index in [0.717, 1.165) is 122 Å². The van der Waals surface area contributed by atoms with Gasteiger partial charge < -0.3 is 18.9 Å². The molecule has 0 bridgehead atoms. The quantitative estimate of drug-likeness (QED) is 0.0211. The van der Waals surface area contributed by atoms with Gasteiger partial charge in [0.15, 0.2) is 6.10 Å². The van der Waals surface area contributed by atoms with Crippen LogP contribution in [0.2, 0.25) is 0 Å². The molecule has 2 unspecified atom stereocenters. The summed E-state index contributed by atoms with van der Waals surface area (Å²) in [4.78, 5) is 35.5. The molecule has 0 saturated heterocycles. The molecule has 1 N–H and O–H groups in total. The fraction of sp³-hybridized carbons (Fsp3) is 0.639. The Morgan fingerprint density at radius 1 is 0.451 bits per heavy atom. The SMILES string of the molecule is CC/C=C\C/C=C\C/C=C\C/C=C\C/C=C\C/C=C\C/C=C\C/C=C\C/C=C\CCCCCCCCCC(=O)OC(COC(=O)CCCCCCC/C=C\CCCCC)COP(=O)(O)OCC[N+](C)(C)C. The number of likely N-dealkylation sites (N-methyl/N-ethyl adjacent to an activating group) is 1. The minimum absolute atomic E-state index is 0.0219. The molecular formula is C61H103NO8P+. The van der Waals surface area contributed by atoms with E-state index in [0.29, 0.717) is 17.4 Å². The van der Waals surface area contributed by atoms with Crippen LogP contribution in [0, 0.1) is 0 Å². The van der Waals surface area contributed by atoms with Crippen molar-refractivity contribution >= 4 is 19.8 Å². The zero-order valence-corrected chi connectivity index (χ0v) is 46.6. The zero-order valence-electron chi connectivity index (χ0n) is 45.7. The number of hydrogen-bond acceptors (Lipinski definition) is 7. The molecule has 2 atom stereocenters. The van der Waals surface area contributed by atoms with Gasteiger partial charge in [-0.1, -0.05) is 200 Å². The Balaban J connectivity index is 4.18. The van der Waals surface area contributed by atoms with Gasteiger partial charge in [0.05, 0.1) is 27.7 Å². The second-order valence-corrected chi connectivity index (χ2v) is 20.7. The Morgan fingerprint density at radius 3 is 1.21 bits per heavy atom. The second kappa shape index (κ2) is 51.3. The Hall–Kier alpha value is -3.59. The summed E-state index contributed by atoms with van der Waals surface area (Å²) in [6.45, 7) is 4.24. The van der Waals surface area contributed by atoms with Gasteiger partial charge in [0.25, 0.3) is 0 Å². The number of phosphoric acid groups is 1. The number of esters is 2. The molecule has 0 aliphatic carbocycles. The van der Waals surface area contributed by atoms with Crippen LogP contribution in [0.4, 0.5) is 0 Å². The van der Waals surface area contributed by atoms with Gasteiger partial charge in [0.1, 0.15) is 19.8 Å². The summed E-state index contributed by atoms with van der Waals surface area (Å²) in [6.07, 6.45) is 72.7. The highest BCUT2D eigenvalue weighted by Gasteiger charge is 2.27. The zero-order chi connectivity index (χ0) is 52.0. The van der Waals surface area contributed by atoms with Gasteiger partial charge in [-0.15, -0.1) is 0 Å². The average Bonchev–Trinajstić information content (AvgIpc) is 3.33. The van der Waals surface area contributed by atoms with E-state index in [9.17, 15) is 19.0 Å². The monoisotopic (exact) mass is 1010 g/mol. The molecule has 0 heterocycles. The number of phosphoric ester groups is 1. The van der Waals surface area contributed by atoms with E-state index in [4.69, 9.17) is 18.5 Å². The van der Waals surface area contributed by atoms with Crippen LogP contribution in [-0.2, 0) is 32.7 Å².